The van der Waals surface area contributed by atoms with E-state index in [1.165, 1.54) is 6.08 Å². The molecule has 0 aromatic heterocycles. The van der Waals surface area contributed by atoms with Crippen LogP contribution in [0.25, 0.3) is 6.08 Å². The van der Waals surface area contributed by atoms with Gasteiger partial charge in [0.25, 0.3) is 11.8 Å². The minimum atomic E-state index is -0.824. The molecule has 3 aromatic rings. The number of hydrogen-bond acceptors (Lipinski definition) is 6. The monoisotopic (exact) mass is 604 g/mol. The summed E-state index contributed by atoms with van der Waals surface area (Å²) >= 11 is 3.44. The Hall–Kier alpha value is -4.37. The number of carbonyl (C=O) groups is 3. The SMILES string of the molecule is C=CCc1cc(/C=C2\C(=O)NC(=O)N(c3ccc(OCC)cc3)C2=O)cc(OCC)c1OCc1ccc(Br)cc1. The molecule has 0 spiro atoms. The van der Waals surface area contributed by atoms with Gasteiger partial charge in [-0.1, -0.05) is 34.1 Å². The number of nitrogens with zero attached hydrogens (tertiary/aromatic N) is 1. The number of imide groups is 2. The third-order valence-electron chi connectivity index (χ3n) is 5.93. The van der Waals surface area contributed by atoms with E-state index in [2.05, 4.69) is 27.8 Å². The molecule has 0 unspecified atom stereocenters. The van der Waals surface area contributed by atoms with Gasteiger partial charge in [-0.05, 0) is 86.0 Å². The molecule has 0 atom stereocenters. The number of rotatable bonds is 11. The van der Waals surface area contributed by atoms with Crippen molar-refractivity contribution >= 4 is 45.5 Å². The van der Waals surface area contributed by atoms with Crippen LogP contribution in [0.5, 0.6) is 17.2 Å². The fourth-order valence-electron chi connectivity index (χ4n) is 4.15. The second kappa shape index (κ2) is 13.1. The lowest BCUT2D eigenvalue weighted by molar-refractivity contribution is -0.122. The maximum atomic E-state index is 13.4. The van der Waals surface area contributed by atoms with Gasteiger partial charge in [0.15, 0.2) is 11.5 Å². The van der Waals surface area contributed by atoms with Crippen molar-refractivity contribution in [2.24, 2.45) is 0 Å². The van der Waals surface area contributed by atoms with Gasteiger partial charge in [0.05, 0.1) is 18.9 Å². The van der Waals surface area contributed by atoms with Crippen LogP contribution in [0, 0.1) is 0 Å². The molecule has 1 N–H and O–H groups in total. The summed E-state index contributed by atoms with van der Waals surface area (Å²) < 4.78 is 18.5. The average molecular weight is 605 g/mol. The van der Waals surface area contributed by atoms with Crippen molar-refractivity contribution in [1.29, 1.82) is 0 Å². The molecule has 0 radical (unpaired) electrons. The molecule has 1 fully saturated rings. The summed E-state index contributed by atoms with van der Waals surface area (Å²) in [5, 5.41) is 2.25. The number of urea groups is 1. The molecular weight excluding hydrogens is 576 g/mol. The molecule has 0 bridgehead atoms. The molecule has 206 valence electrons. The zero-order chi connectivity index (χ0) is 28.6. The Labute approximate surface area is 241 Å². The Morgan fingerprint density at radius 1 is 0.925 bits per heavy atom. The van der Waals surface area contributed by atoms with Crippen LogP contribution in [0.2, 0.25) is 0 Å². The van der Waals surface area contributed by atoms with Crippen LogP contribution in [0.3, 0.4) is 0 Å². The Kier molecular flexibility index (Phi) is 9.39. The first-order valence-electron chi connectivity index (χ1n) is 12.8. The highest BCUT2D eigenvalue weighted by atomic mass is 79.9. The first kappa shape index (κ1) is 28.6. The number of hydrogen-bond donors (Lipinski definition) is 1. The number of halogens is 1. The van der Waals surface area contributed by atoms with E-state index in [0.29, 0.717) is 54.7 Å². The van der Waals surface area contributed by atoms with E-state index in [1.807, 2.05) is 44.2 Å². The van der Waals surface area contributed by atoms with Gasteiger partial charge >= 0.3 is 6.03 Å². The number of carbonyl (C=O) groups excluding carboxylic acids is 3. The van der Waals surface area contributed by atoms with Crippen LogP contribution in [-0.4, -0.2) is 31.1 Å². The maximum Gasteiger partial charge on any atom is 0.335 e. The summed E-state index contributed by atoms with van der Waals surface area (Å²) in [4.78, 5) is 39.7. The topological polar surface area (TPSA) is 94.2 Å². The lowest BCUT2D eigenvalue weighted by atomic mass is 10.0. The van der Waals surface area contributed by atoms with E-state index < -0.39 is 17.8 Å². The van der Waals surface area contributed by atoms with Crippen molar-refractivity contribution in [3.63, 3.8) is 0 Å². The molecule has 0 aliphatic carbocycles. The zero-order valence-corrected chi connectivity index (χ0v) is 23.8. The smallest absolute Gasteiger partial charge is 0.335 e. The van der Waals surface area contributed by atoms with Crippen molar-refractivity contribution in [1.82, 2.24) is 5.32 Å². The number of ether oxygens (including phenoxy) is 3. The van der Waals surface area contributed by atoms with Gasteiger partial charge in [0, 0.05) is 10.0 Å². The van der Waals surface area contributed by atoms with Crippen molar-refractivity contribution < 1.29 is 28.6 Å². The van der Waals surface area contributed by atoms with Gasteiger partial charge < -0.3 is 14.2 Å². The molecule has 0 saturated carbocycles. The van der Waals surface area contributed by atoms with Crippen molar-refractivity contribution in [2.45, 2.75) is 26.9 Å². The van der Waals surface area contributed by atoms with Gasteiger partial charge in [-0.3, -0.25) is 14.9 Å². The molecule has 1 aliphatic heterocycles. The van der Waals surface area contributed by atoms with Crippen molar-refractivity contribution in [3.05, 3.63) is 100 Å². The predicted molar refractivity (Wildman–Crippen MR) is 157 cm³/mol. The molecule has 1 heterocycles. The fourth-order valence-corrected chi connectivity index (χ4v) is 4.42. The minimum Gasteiger partial charge on any atom is -0.494 e. The Morgan fingerprint density at radius 3 is 2.27 bits per heavy atom. The van der Waals surface area contributed by atoms with Crippen LogP contribution in [0.4, 0.5) is 10.5 Å². The summed E-state index contributed by atoms with van der Waals surface area (Å²) in [6.07, 6.45) is 3.64. The van der Waals surface area contributed by atoms with Crippen LogP contribution in [-0.2, 0) is 22.6 Å². The molecule has 40 heavy (non-hydrogen) atoms. The lowest BCUT2D eigenvalue weighted by Crippen LogP contribution is -2.54. The second-order valence-electron chi connectivity index (χ2n) is 8.73. The highest BCUT2D eigenvalue weighted by Gasteiger charge is 2.37. The summed E-state index contributed by atoms with van der Waals surface area (Å²) in [5.41, 5.74) is 2.40. The highest BCUT2D eigenvalue weighted by Crippen LogP contribution is 2.36. The third-order valence-corrected chi connectivity index (χ3v) is 6.46. The second-order valence-corrected chi connectivity index (χ2v) is 9.65. The zero-order valence-electron chi connectivity index (χ0n) is 22.2. The standard InChI is InChI=1S/C31H29BrN2O6/c1-4-7-22-16-21(18-27(39-6-3)28(22)40-19-20-8-10-23(32)11-9-20)17-26-29(35)33-31(37)34(30(26)36)24-12-14-25(15-13-24)38-5-2/h4,8-18H,1,5-7,19H2,2-3H3,(H,33,35,37)/b26-17+. The largest absolute Gasteiger partial charge is 0.494 e. The van der Waals surface area contributed by atoms with E-state index in [0.717, 1.165) is 20.5 Å². The number of allylic oxidation sites excluding steroid dienone is 1. The first-order valence-corrected chi connectivity index (χ1v) is 13.6. The highest BCUT2D eigenvalue weighted by molar-refractivity contribution is 9.10. The van der Waals surface area contributed by atoms with Gasteiger partial charge in [0.2, 0.25) is 0 Å². The summed E-state index contributed by atoms with van der Waals surface area (Å²) in [5.74, 6) is 0.0997. The van der Waals surface area contributed by atoms with Crippen LogP contribution in [0.15, 0.2) is 83.4 Å². The number of barbiturate groups is 1. The molecule has 3 aromatic carbocycles. The quantitative estimate of drug-likeness (QED) is 0.159. The van der Waals surface area contributed by atoms with Gasteiger partial charge in [0.1, 0.15) is 17.9 Å². The molecule has 1 saturated heterocycles. The molecule has 1 aliphatic rings. The Morgan fingerprint density at radius 2 is 1.62 bits per heavy atom. The average Bonchev–Trinajstić information content (AvgIpc) is 2.93. The van der Waals surface area contributed by atoms with Crippen LogP contribution < -0.4 is 24.4 Å². The summed E-state index contributed by atoms with van der Waals surface area (Å²) in [7, 11) is 0. The molecular formula is C31H29BrN2O6. The maximum absolute atomic E-state index is 13.4. The Balaban J connectivity index is 1.68. The van der Waals surface area contributed by atoms with E-state index in [4.69, 9.17) is 14.2 Å². The molecule has 9 heteroatoms. The summed E-state index contributed by atoms with van der Waals surface area (Å²) in [6, 6.07) is 17.0. The van der Waals surface area contributed by atoms with Gasteiger partial charge in [-0.15, -0.1) is 6.58 Å². The molecule has 8 nitrogen and oxygen atoms in total. The predicted octanol–water partition coefficient (Wildman–Crippen LogP) is 6.22. The number of benzene rings is 3. The number of amides is 4. The number of nitrogens with one attached hydrogen (secondary N) is 1. The summed E-state index contributed by atoms with van der Waals surface area (Å²) in [6.45, 7) is 8.74. The Bertz CT molecular complexity index is 1450. The van der Waals surface area contributed by atoms with E-state index >= 15 is 0 Å². The normalized spacial score (nSPS) is 14.2. The van der Waals surface area contributed by atoms with E-state index in [1.54, 1.807) is 36.4 Å². The van der Waals surface area contributed by atoms with Crippen LogP contribution >= 0.6 is 15.9 Å². The number of anilines is 1. The molecule has 4 rings (SSSR count). The van der Waals surface area contributed by atoms with Crippen LogP contribution in [0.1, 0.15) is 30.5 Å². The molecule has 4 amide bonds. The van der Waals surface area contributed by atoms with Crippen molar-refractivity contribution in [3.8, 4) is 17.2 Å². The first-order chi connectivity index (χ1) is 19.3. The van der Waals surface area contributed by atoms with E-state index in [9.17, 15) is 14.4 Å². The fraction of sp³-hybridized carbons (Fsp3) is 0.194. The van der Waals surface area contributed by atoms with E-state index in [-0.39, 0.29) is 5.57 Å². The third kappa shape index (κ3) is 6.60. The lowest BCUT2D eigenvalue weighted by Gasteiger charge is -2.26. The van der Waals surface area contributed by atoms with Gasteiger partial charge in [-0.25, -0.2) is 9.69 Å². The van der Waals surface area contributed by atoms with Gasteiger partial charge in [-0.2, -0.15) is 0 Å². The van der Waals surface area contributed by atoms with Crippen molar-refractivity contribution in [2.75, 3.05) is 18.1 Å². The minimum absolute atomic E-state index is 0.191.